The molecule has 0 N–H and O–H groups in total. The summed E-state index contributed by atoms with van der Waals surface area (Å²) in [7, 11) is 0. The molecule has 0 fully saturated rings. The van der Waals surface area contributed by atoms with Gasteiger partial charge < -0.3 is 4.90 Å². The molecule has 8 rings (SSSR count). The van der Waals surface area contributed by atoms with Crippen LogP contribution in [0.5, 0.6) is 0 Å². The predicted octanol–water partition coefficient (Wildman–Crippen LogP) is 13.8. The molecule has 0 saturated heterocycles. The summed E-state index contributed by atoms with van der Waals surface area (Å²) in [5.41, 5.74) is 20.8. The van der Waals surface area contributed by atoms with Crippen LogP contribution in [0.1, 0.15) is 64.3 Å². The minimum atomic E-state index is -0.0543. The molecule has 8 aromatic rings. The zero-order chi connectivity index (χ0) is 42.7. The van der Waals surface area contributed by atoms with Crippen molar-refractivity contribution in [1.29, 1.82) is 0 Å². The second-order valence-electron chi connectivity index (χ2n) is 17.7. The normalized spacial score (nSPS) is 12.2. The Labute approximate surface area is 365 Å². The number of para-hydroxylation sites is 1. The molecule has 0 aromatic heterocycles. The fraction of sp³-hybridized carbons (Fsp3) is 0.186. The van der Waals surface area contributed by atoms with Gasteiger partial charge in [-0.15, -0.1) is 6.58 Å². The number of nitrogens with zero attached hydrogens (tertiary/aromatic N) is 1. The van der Waals surface area contributed by atoms with Gasteiger partial charge in [0.15, 0.2) is 0 Å². The Hall–Kier alpha value is -6.38. The first kappa shape index (κ1) is 41.4. The van der Waals surface area contributed by atoms with Crippen molar-refractivity contribution in [3.63, 3.8) is 0 Å². The number of hydrogen-bond donors (Lipinski definition) is 0. The van der Waals surface area contributed by atoms with Gasteiger partial charge in [0.25, 0.3) is 0 Å². The van der Waals surface area contributed by atoms with E-state index < -0.39 is 0 Å². The highest BCUT2D eigenvalue weighted by Crippen LogP contribution is 2.39. The van der Waals surface area contributed by atoms with Crippen LogP contribution in [0.15, 0.2) is 183 Å². The highest BCUT2D eigenvalue weighted by atomic mass is 15.1. The van der Waals surface area contributed by atoms with Crippen LogP contribution in [0.3, 0.4) is 0 Å². The summed E-state index contributed by atoms with van der Waals surface area (Å²) in [6.45, 7) is 20.3. The second-order valence-corrected chi connectivity index (χ2v) is 17.7. The van der Waals surface area contributed by atoms with Gasteiger partial charge in [0.2, 0.25) is 6.71 Å². The molecular formula is C59H58BN. The van der Waals surface area contributed by atoms with Crippen molar-refractivity contribution >= 4 is 50.9 Å². The third-order valence-electron chi connectivity index (χ3n) is 12.9. The number of aryl methyl sites for hydroxylation is 7. The molecule has 0 bridgehead atoms. The molecule has 302 valence electrons. The first-order chi connectivity index (χ1) is 29.5. The first-order valence-electron chi connectivity index (χ1n) is 21.9. The smallest absolute Gasteiger partial charge is 0.242 e. The van der Waals surface area contributed by atoms with E-state index in [1.165, 1.54) is 82.8 Å². The summed E-state index contributed by atoms with van der Waals surface area (Å²) >= 11 is 0. The molecule has 0 spiro atoms. The lowest BCUT2D eigenvalue weighted by molar-refractivity contribution is 0.439. The number of hydrogen-bond acceptors (Lipinski definition) is 1. The van der Waals surface area contributed by atoms with Crippen molar-refractivity contribution in [3.05, 3.63) is 227 Å². The van der Waals surface area contributed by atoms with Crippen molar-refractivity contribution in [2.45, 2.75) is 73.1 Å². The summed E-state index contributed by atoms with van der Waals surface area (Å²) < 4.78 is 0. The summed E-state index contributed by atoms with van der Waals surface area (Å²) in [4.78, 5) is 2.35. The number of rotatable bonds is 13. The van der Waals surface area contributed by atoms with Gasteiger partial charge >= 0.3 is 0 Å². The van der Waals surface area contributed by atoms with Crippen LogP contribution in [-0.2, 0) is 11.8 Å². The van der Waals surface area contributed by atoms with Crippen LogP contribution in [-0.4, -0.2) is 6.71 Å². The van der Waals surface area contributed by atoms with E-state index in [1.54, 1.807) is 0 Å². The third kappa shape index (κ3) is 8.77. The van der Waals surface area contributed by atoms with Crippen LogP contribution in [0.25, 0.3) is 21.9 Å². The van der Waals surface area contributed by atoms with Gasteiger partial charge in [-0.25, -0.2) is 0 Å². The molecule has 0 aliphatic carbocycles. The van der Waals surface area contributed by atoms with E-state index in [9.17, 15) is 0 Å². The number of fused-ring (bicyclic) bond motifs is 1. The van der Waals surface area contributed by atoms with E-state index >= 15 is 0 Å². The van der Waals surface area contributed by atoms with Gasteiger partial charge in [-0.1, -0.05) is 196 Å². The fourth-order valence-electron chi connectivity index (χ4n) is 9.99. The maximum Gasteiger partial charge on any atom is 0.242 e. The van der Waals surface area contributed by atoms with E-state index in [0.717, 1.165) is 36.3 Å². The SMILES string of the molecule is C=CCC(C)(CCc1ccc(-c2cccc(B(c3c(C)cc(C)cc3C)c3c(C)cc(C)cc3C)c2)cc1)c1ccc(N(c2ccccc2)c2ccc3ccccc3c2)cc1. The molecule has 61 heavy (non-hydrogen) atoms. The van der Waals surface area contributed by atoms with E-state index in [0.29, 0.717) is 0 Å². The molecule has 0 radical (unpaired) electrons. The average Bonchev–Trinajstić information content (AvgIpc) is 3.25. The molecule has 2 heteroatoms. The maximum atomic E-state index is 4.20. The van der Waals surface area contributed by atoms with Crippen molar-refractivity contribution in [2.75, 3.05) is 4.90 Å². The van der Waals surface area contributed by atoms with Gasteiger partial charge in [-0.2, -0.15) is 0 Å². The van der Waals surface area contributed by atoms with Crippen molar-refractivity contribution in [2.24, 2.45) is 0 Å². The quantitative estimate of drug-likeness (QED) is 0.0830. The second kappa shape index (κ2) is 17.7. The topological polar surface area (TPSA) is 3.24 Å². The summed E-state index contributed by atoms with van der Waals surface area (Å²) in [6.07, 6.45) is 5.00. The molecule has 1 unspecified atom stereocenters. The molecule has 1 nitrogen and oxygen atoms in total. The number of benzene rings is 8. The standard InChI is InChI=1S/C59H58BN/c1-9-33-59(8,52-27-30-55(31-28-52)61(54-20-11-10-12-21-54)56-29-26-48-16-13-14-17-51(48)40-56)34-32-47-22-24-49(25-23-47)50-18-15-19-53(39-50)60(57-43(4)35-41(2)36-44(57)5)58-45(6)37-42(3)38-46(58)7/h9-31,35-40H,1,32-34H2,2-8H3. The van der Waals surface area contributed by atoms with Gasteiger partial charge in [0.1, 0.15) is 0 Å². The Balaban J connectivity index is 1.04. The lowest BCUT2D eigenvalue weighted by Crippen LogP contribution is -2.55. The average molecular weight is 792 g/mol. The number of allylic oxidation sites excluding steroid dienone is 1. The summed E-state index contributed by atoms with van der Waals surface area (Å²) in [5, 5.41) is 2.48. The van der Waals surface area contributed by atoms with Crippen molar-refractivity contribution < 1.29 is 0 Å². The molecule has 0 aliphatic rings. The monoisotopic (exact) mass is 791 g/mol. The lowest BCUT2D eigenvalue weighted by atomic mass is 9.34. The lowest BCUT2D eigenvalue weighted by Gasteiger charge is -2.31. The molecule has 1 atom stereocenters. The van der Waals surface area contributed by atoms with Crippen LogP contribution >= 0.6 is 0 Å². The Kier molecular flexibility index (Phi) is 12.0. The maximum absolute atomic E-state index is 4.20. The van der Waals surface area contributed by atoms with Crippen LogP contribution < -0.4 is 21.3 Å². The molecular weight excluding hydrogens is 733 g/mol. The summed E-state index contributed by atoms with van der Waals surface area (Å²) in [6, 6.07) is 63.2. The van der Waals surface area contributed by atoms with Crippen LogP contribution in [0.4, 0.5) is 17.1 Å². The fourth-order valence-corrected chi connectivity index (χ4v) is 9.99. The Morgan fingerprint density at radius 3 is 1.67 bits per heavy atom. The van der Waals surface area contributed by atoms with Gasteiger partial charge in [-0.05, 0) is 136 Å². The van der Waals surface area contributed by atoms with Crippen LogP contribution in [0, 0.1) is 41.5 Å². The van der Waals surface area contributed by atoms with E-state index in [4.69, 9.17) is 0 Å². The van der Waals surface area contributed by atoms with E-state index in [-0.39, 0.29) is 12.1 Å². The Bertz CT molecular complexity index is 2710. The highest BCUT2D eigenvalue weighted by molar-refractivity contribution is 6.96. The minimum Gasteiger partial charge on any atom is -0.310 e. The highest BCUT2D eigenvalue weighted by Gasteiger charge is 2.29. The Morgan fingerprint density at radius 2 is 1.07 bits per heavy atom. The zero-order valence-corrected chi connectivity index (χ0v) is 37.1. The molecule has 0 aliphatic heterocycles. The summed E-state index contributed by atoms with van der Waals surface area (Å²) in [5.74, 6) is 0. The van der Waals surface area contributed by atoms with Crippen molar-refractivity contribution in [3.8, 4) is 11.1 Å². The van der Waals surface area contributed by atoms with E-state index in [2.05, 4.69) is 236 Å². The predicted molar refractivity (Wildman–Crippen MR) is 267 cm³/mol. The zero-order valence-electron chi connectivity index (χ0n) is 37.1. The Morgan fingerprint density at radius 1 is 0.508 bits per heavy atom. The molecule has 0 heterocycles. The molecule has 8 aromatic carbocycles. The van der Waals surface area contributed by atoms with Gasteiger partial charge in [0.05, 0.1) is 0 Å². The number of anilines is 3. The molecule has 0 amide bonds. The largest absolute Gasteiger partial charge is 0.310 e. The molecule has 0 saturated carbocycles. The van der Waals surface area contributed by atoms with Gasteiger partial charge in [0, 0.05) is 17.1 Å². The van der Waals surface area contributed by atoms with Gasteiger partial charge in [-0.3, -0.25) is 0 Å². The van der Waals surface area contributed by atoms with E-state index in [1.807, 2.05) is 0 Å². The first-order valence-corrected chi connectivity index (χ1v) is 21.9. The van der Waals surface area contributed by atoms with Crippen LogP contribution in [0.2, 0.25) is 0 Å². The minimum absolute atomic E-state index is 0.0543. The van der Waals surface area contributed by atoms with Crippen molar-refractivity contribution in [1.82, 2.24) is 0 Å². The third-order valence-corrected chi connectivity index (χ3v) is 12.9.